The summed E-state index contributed by atoms with van der Waals surface area (Å²) in [6.45, 7) is 12.9. The van der Waals surface area contributed by atoms with Crippen LogP contribution in [-0.2, 0) is 19.4 Å². The topological polar surface area (TPSA) is 29.0 Å². The van der Waals surface area contributed by atoms with Crippen LogP contribution in [0.5, 0.6) is 0 Å². The number of aromatic nitrogens is 2. The van der Waals surface area contributed by atoms with Crippen LogP contribution < -0.4 is 0 Å². The first kappa shape index (κ1) is 15.7. The minimum atomic E-state index is 0.314. The van der Waals surface area contributed by atoms with Crippen molar-refractivity contribution in [1.82, 2.24) is 14.9 Å². The van der Waals surface area contributed by atoms with Crippen LogP contribution in [0.4, 0.5) is 0 Å². The minimum Gasteiger partial charge on any atom is -0.294 e. The normalized spacial score (nSPS) is 17.6. The first-order chi connectivity index (χ1) is 9.32. The fraction of sp³-hybridized carbons (Fsp3) is 0.750. The van der Waals surface area contributed by atoms with E-state index >= 15 is 0 Å². The quantitative estimate of drug-likeness (QED) is 0.790. The van der Waals surface area contributed by atoms with Gasteiger partial charge in [0.05, 0.1) is 6.54 Å². The summed E-state index contributed by atoms with van der Waals surface area (Å²) in [6.07, 6.45) is 3.18. The molecule has 0 atom stereocenters. The Morgan fingerprint density at radius 3 is 2.60 bits per heavy atom. The van der Waals surface area contributed by atoms with Gasteiger partial charge in [0.1, 0.15) is 11.0 Å². The van der Waals surface area contributed by atoms with E-state index in [9.17, 15) is 0 Å². The van der Waals surface area contributed by atoms with Crippen molar-refractivity contribution < 1.29 is 0 Å². The van der Waals surface area contributed by atoms with Crippen LogP contribution in [0, 0.1) is 5.41 Å². The van der Waals surface area contributed by atoms with Gasteiger partial charge in [0, 0.05) is 17.3 Å². The second-order valence-electron chi connectivity index (χ2n) is 6.85. The van der Waals surface area contributed by atoms with Gasteiger partial charge in [-0.25, -0.2) is 9.97 Å². The second kappa shape index (κ2) is 5.98. The molecular weight excluding hydrogens is 270 g/mol. The summed E-state index contributed by atoms with van der Waals surface area (Å²) >= 11 is 6.41. The Hall–Kier alpha value is -0.670. The maximum atomic E-state index is 6.41. The third-order valence-corrected chi connectivity index (χ3v) is 4.58. The molecule has 0 aromatic carbocycles. The molecule has 0 N–H and O–H groups in total. The number of halogens is 1. The van der Waals surface area contributed by atoms with Crippen molar-refractivity contribution in [2.45, 2.75) is 66.5 Å². The third-order valence-electron chi connectivity index (χ3n) is 4.26. The highest BCUT2D eigenvalue weighted by Gasteiger charge is 2.28. The molecule has 1 aliphatic carbocycles. The maximum absolute atomic E-state index is 6.41. The van der Waals surface area contributed by atoms with E-state index in [1.54, 1.807) is 0 Å². The Bertz CT molecular complexity index is 483. The Labute approximate surface area is 127 Å². The van der Waals surface area contributed by atoms with Gasteiger partial charge in [0.15, 0.2) is 0 Å². The molecular formula is C16H26ClN3. The molecule has 0 amide bonds. The van der Waals surface area contributed by atoms with Crippen molar-refractivity contribution in [2.75, 3.05) is 6.54 Å². The van der Waals surface area contributed by atoms with Gasteiger partial charge >= 0.3 is 0 Å². The molecule has 0 bridgehead atoms. The number of aryl methyl sites for hydroxylation is 1. The lowest BCUT2D eigenvalue weighted by atomic mass is 9.76. The van der Waals surface area contributed by atoms with E-state index in [1.807, 2.05) is 0 Å². The molecule has 4 heteroatoms. The lowest BCUT2D eigenvalue weighted by Crippen LogP contribution is -2.31. The highest BCUT2D eigenvalue weighted by atomic mass is 35.5. The maximum Gasteiger partial charge on any atom is 0.144 e. The molecule has 1 aromatic heterocycles. The summed E-state index contributed by atoms with van der Waals surface area (Å²) in [4.78, 5) is 11.7. The van der Waals surface area contributed by atoms with Crippen LogP contribution in [0.1, 0.15) is 58.1 Å². The van der Waals surface area contributed by atoms with Gasteiger partial charge in [-0.05, 0) is 45.1 Å². The van der Waals surface area contributed by atoms with E-state index in [0.717, 1.165) is 31.8 Å². The van der Waals surface area contributed by atoms with Gasteiger partial charge in [-0.1, -0.05) is 32.4 Å². The van der Waals surface area contributed by atoms with E-state index in [2.05, 4.69) is 44.5 Å². The van der Waals surface area contributed by atoms with Crippen LogP contribution in [0.15, 0.2) is 0 Å². The highest BCUT2D eigenvalue weighted by Crippen LogP contribution is 2.36. The van der Waals surface area contributed by atoms with Crippen molar-refractivity contribution in [1.29, 1.82) is 0 Å². The Morgan fingerprint density at radius 2 is 2.00 bits per heavy atom. The molecule has 1 aliphatic rings. The van der Waals surface area contributed by atoms with Gasteiger partial charge in [0.2, 0.25) is 0 Å². The van der Waals surface area contributed by atoms with Crippen LogP contribution in [0.3, 0.4) is 0 Å². The summed E-state index contributed by atoms with van der Waals surface area (Å²) in [5, 5.41) is 0.664. The van der Waals surface area contributed by atoms with Gasteiger partial charge < -0.3 is 0 Å². The van der Waals surface area contributed by atoms with E-state index in [1.165, 1.54) is 17.7 Å². The van der Waals surface area contributed by atoms with Crippen LogP contribution in [0.2, 0.25) is 5.15 Å². The molecule has 3 nitrogen and oxygen atoms in total. The van der Waals surface area contributed by atoms with Crippen molar-refractivity contribution in [3.8, 4) is 0 Å². The first-order valence-electron chi connectivity index (χ1n) is 7.60. The molecule has 0 radical (unpaired) electrons. The molecule has 1 aromatic rings. The van der Waals surface area contributed by atoms with Gasteiger partial charge in [-0.15, -0.1) is 0 Å². The van der Waals surface area contributed by atoms with E-state index in [-0.39, 0.29) is 0 Å². The average molecular weight is 296 g/mol. The molecule has 20 heavy (non-hydrogen) atoms. The van der Waals surface area contributed by atoms with E-state index in [0.29, 0.717) is 16.6 Å². The average Bonchev–Trinajstić information content (AvgIpc) is 2.36. The number of rotatable bonds is 4. The molecule has 112 valence electrons. The van der Waals surface area contributed by atoms with Crippen molar-refractivity contribution >= 4 is 11.6 Å². The standard InChI is InChI=1S/C16H26ClN3/c1-6-20(11(2)3)10-14-18-13-7-8-16(4,5)9-12(13)15(17)19-14/h11H,6-10H2,1-5H3. The zero-order valence-electron chi connectivity index (χ0n) is 13.3. The van der Waals surface area contributed by atoms with E-state index < -0.39 is 0 Å². The lowest BCUT2D eigenvalue weighted by Gasteiger charge is -2.31. The summed E-state index contributed by atoms with van der Waals surface area (Å²) in [7, 11) is 0. The Kier molecular flexibility index (Phi) is 4.70. The fourth-order valence-corrected chi connectivity index (χ4v) is 3.14. The largest absolute Gasteiger partial charge is 0.294 e. The van der Waals surface area contributed by atoms with Crippen LogP contribution >= 0.6 is 11.6 Å². The fourth-order valence-electron chi connectivity index (χ4n) is 2.87. The Balaban J connectivity index is 2.25. The lowest BCUT2D eigenvalue weighted by molar-refractivity contribution is 0.218. The predicted octanol–water partition coefficient (Wildman–Crippen LogP) is 3.88. The summed E-state index contributed by atoms with van der Waals surface area (Å²) in [5.74, 6) is 0.865. The van der Waals surface area contributed by atoms with E-state index in [4.69, 9.17) is 16.6 Å². The molecule has 0 aliphatic heterocycles. The number of fused-ring (bicyclic) bond motifs is 1. The van der Waals surface area contributed by atoms with Crippen LogP contribution in [0.25, 0.3) is 0 Å². The molecule has 1 heterocycles. The molecule has 0 saturated carbocycles. The molecule has 0 fully saturated rings. The summed E-state index contributed by atoms with van der Waals surface area (Å²) < 4.78 is 0. The van der Waals surface area contributed by atoms with Crippen LogP contribution in [-0.4, -0.2) is 27.5 Å². The zero-order chi connectivity index (χ0) is 14.9. The molecule has 0 saturated heterocycles. The number of hydrogen-bond acceptors (Lipinski definition) is 3. The number of nitrogens with zero attached hydrogens (tertiary/aromatic N) is 3. The monoisotopic (exact) mass is 295 g/mol. The zero-order valence-corrected chi connectivity index (χ0v) is 14.1. The third kappa shape index (κ3) is 3.50. The molecule has 2 rings (SSSR count). The summed E-state index contributed by atoms with van der Waals surface area (Å²) in [5.41, 5.74) is 2.65. The van der Waals surface area contributed by atoms with Crippen molar-refractivity contribution in [3.63, 3.8) is 0 Å². The highest BCUT2D eigenvalue weighted by molar-refractivity contribution is 6.30. The molecule has 0 unspecified atom stereocenters. The van der Waals surface area contributed by atoms with Crippen molar-refractivity contribution in [2.24, 2.45) is 5.41 Å². The summed E-state index contributed by atoms with van der Waals surface area (Å²) in [6, 6.07) is 0.498. The van der Waals surface area contributed by atoms with Gasteiger partial charge in [-0.2, -0.15) is 0 Å². The smallest absolute Gasteiger partial charge is 0.144 e. The number of hydrogen-bond donors (Lipinski definition) is 0. The minimum absolute atomic E-state index is 0.314. The van der Waals surface area contributed by atoms with Gasteiger partial charge in [0.25, 0.3) is 0 Å². The predicted molar refractivity (Wildman–Crippen MR) is 84.1 cm³/mol. The first-order valence-corrected chi connectivity index (χ1v) is 7.98. The Morgan fingerprint density at radius 1 is 1.30 bits per heavy atom. The molecule has 0 spiro atoms. The second-order valence-corrected chi connectivity index (χ2v) is 7.21. The van der Waals surface area contributed by atoms with Crippen molar-refractivity contribution in [3.05, 3.63) is 22.2 Å². The SMILES string of the molecule is CCN(Cc1nc(Cl)c2c(n1)CCC(C)(C)C2)C(C)C. The van der Waals surface area contributed by atoms with Gasteiger partial charge in [-0.3, -0.25) is 4.90 Å².